The molecule has 3 N–H and O–H groups in total. The molecular formula is C17H24F3N5O2. The monoisotopic (exact) mass is 387 g/mol. The maximum Gasteiger partial charge on any atom is 0.421 e. The normalized spacial score (nSPS) is 18.3. The maximum absolute atomic E-state index is 12.9. The summed E-state index contributed by atoms with van der Waals surface area (Å²) in [6, 6.07) is 2.15. The summed E-state index contributed by atoms with van der Waals surface area (Å²) in [6.45, 7) is 1.70. The highest BCUT2D eigenvalue weighted by molar-refractivity contribution is 5.80. The summed E-state index contributed by atoms with van der Waals surface area (Å²) < 4.78 is 43.9. The Morgan fingerprint density at radius 2 is 2.30 bits per heavy atom. The second-order valence-electron chi connectivity index (χ2n) is 6.30. The van der Waals surface area contributed by atoms with Crippen molar-refractivity contribution in [3.8, 4) is 5.88 Å². The van der Waals surface area contributed by atoms with Gasteiger partial charge in [0, 0.05) is 32.8 Å². The van der Waals surface area contributed by atoms with Gasteiger partial charge in [-0.3, -0.25) is 9.79 Å². The minimum absolute atomic E-state index is 0.00231. The number of amides is 1. The maximum atomic E-state index is 12.9. The quantitative estimate of drug-likeness (QED) is 0.440. The molecule has 0 spiro atoms. The van der Waals surface area contributed by atoms with E-state index in [-0.39, 0.29) is 25.0 Å². The summed E-state index contributed by atoms with van der Waals surface area (Å²) in [5.74, 6) is 0.0223. The molecule has 1 aromatic rings. The fraction of sp³-hybridized carbons (Fsp3) is 0.588. The van der Waals surface area contributed by atoms with E-state index in [1.165, 1.54) is 12.3 Å². The molecule has 0 saturated carbocycles. The molecule has 1 unspecified atom stereocenters. The molecule has 10 heteroatoms. The van der Waals surface area contributed by atoms with E-state index < -0.39 is 17.6 Å². The lowest BCUT2D eigenvalue weighted by atomic mass is 9.95. The third-order valence-corrected chi connectivity index (χ3v) is 4.22. The Morgan fingerprint density at radius 1 is 1.52 bits per heavy atom. The number of aliphatic imine (C=N–C) groups is 1. The number of carbonyl (C=O) groups excluding carboxylic acids is 1. The number of piperidine rings is 1. The van der Waals surface area contributed by atoms with Crippen LogP contribution in [0.3, 0.4) is 0 Å². The number of likely N-dealkylation sites (tertiary alicyclic amines) is 1. The van der Waals surface area contributed by atoms with Crippen LogP contribution < -0.4 is 15.8 Å². The molecule has 1 aliphatic rings. The number of nitrogens with zero attached hydrogens (tertiary/aromatic N) is 3. The summed E-state index contributed by atoms with van der Waals surface area (Å²) in [6.07, 6.45) is -1.09. The first kappa shape index (κ1) is 20.8. The largest absolute Gasteiger partial charge is 0.475 e. The minimum Gasteiger partial charge on any atom is -0.475 e. The van der Waals surface area contributed by atoms with Crippen LogP contribution in [-0.2, 0) is 11.0 Å². The molecule has 1 aromatic heterocycles. The SMILES string of the molecule is CN=C(NCCOc1ncccc1C(F)(F)F)N1CCCC(CC(N)=O)C1. The van der Waals surface area contributed by atoms with Crippen molar-refractivity contribution in [1.29, 1.82) is 0 Å². The molecule has 0 bridgehead atoms. The Kier molecular flexibility index (Phi) is 7.26. The number of hydrogen-bond acceptors (Lipinski definition) is 4. The van der Waals surface area contributed by atoms with Gasteiger partial charge in [-0.05, 0) is 30.9 Å². The van der Waals surface area contributed by atoms with E-state index in [2.05, 4.69) is 15.3 Å². The van der Waals surface area contributed by atoms with Crippen LogP contribution in [0.5, 0.6) is 5.88 Å². The molecule has 2 rings (SSSR count). The number of nitrogens with one attached hydrogen (secondary N) is 1. The second-order valence-corrected chi connectivity index (χ2v) is 6.30. The summed E-state index contributed by atoms with van der Waals surface area (Å²) in [4.78, 5) is 21.0. The molecule has 0 aromatic carbocycles. The number of pyridine rings is 1. The molecule has 1 fully saturated rings. The number of nitrogens with two attached hydrogens (primary N) is 1. The third-order valence-electron chi connectivity index (χ3n) is 4.22. The van der Waals surface area contributed by atoms with Gasteiger partial charge in [0.25, 0.3) is 0 Å². The predicted molar refractivity (Wildman–Crippen MR) is 94.2 cm³/mol. The first-order chi connectivity index (χ1) is 12.8. The minimum atomic E-state index is -4.52. The van der Waals surface area contributed by atoms with Crippen LogP contribution in [0.15, 0.2) is 23.3 Å². The van der Waals surface area contributed by atoms with E-state index >= 15 is 0 Å². The number of ether oxygens (including phenoxy) is 1. The Hall–Kier alpha value is -2.52. The van der Waals surface area contributed by atoms with Gasteiger partial charge in [0.1, 0.15) is 12.2 Å². The first-order valence-electron chi connectivity index (χ1n) is 8.70. The van der Waals surface area contributed by atoms with E-state index in [4.69, 9.17) is 10.5 Å². The van der Waals surface area contributed by atoms with E-state index in [0.29, 0.717) is 18.9 Å². The molecule has 7 nitrogen and oxygen atoms in total. The highest BCUT2D eigenvalue weighted by Crippen LogP contribution is 2.34. The summed E-state index contributed by atoms with van der Waals surface area (Å²) in [7, 11) is 1.63. The number of hydrogen-bond donors (Lipinski definition) is 2. The van der Waals surface area contributed by atoms with Crippen molar-refractivity contribution in [2.45, 2.75) is 25.4 Å². The van der Waals surface area contributed by atoms with Gasteiger partial charge in [-0.25, -0.2) is 4.98 Å². The zero-order chi connectivity index (χ0) is 19.9. The van der Waals surface area contributed by atoms with Gasteiger partial charge in [0.2, 0.25) is 11.8 Å². The second kappa shape index (κ2) is 9.43. The number of alkyl halides is 3. The van der Waals surface area contributed by atoms with Gasteiger partial charge in [-0.15, -0.1) is 0 Å². The Labute approximate surface area is 155 Å². The lowest BCUT2D eigenvalue weighted by Gasteiger charge is -2.34. The first-order valence-corrected chi connectivity index (χ1v) is 8.70. The zero-order valence-corrected chi connectivity index (χ0v) is 15.1. The molecular weight excluding hydrogens is 363 g/mol. The van der Waals surface area contributed by atoms with Gasteiger partial charge >= 0.3 is 6.18 Å². The fourth-order valence-corrected chi connectivity index (χ4v) is 3.07. The molecule has 150 valence electrons. The fourth-order valence-electron chi connectivity index (χ4n) is 3.07. The van der Waals surface area contributed by atoms with E-state index in [1.807, 2.05) is 4.90 Å². The molecule has 1 atom stereocenters. The van der Waals surface area contributed by atoms with Crippen LogP contribution in [-0.4, -0.2) is 55.0 Å². The third kappa shape index (κ3) is 6.30. The van der Waals surface area contributed by atoms with Gasteiger partial charge in [0.15, 0.2) is 5.96 Å². The number of aromatic nitrogens is 1. The summed E-state index contributed by atoms with van der Waals surface area (Å²) in [5, 5.41) is 3.07. The van der Waals surface area contributed by atoms with Gasteiger partial charge < -0.3 is 20.7 Å². The van der Waals surface area contributed by atoms with Crippen molar-refractivity contribution in [3.63, 3.8) is 0 Å². The van der Waals surface area contributed by atoms with Crippen molar-refractivity contribution in [2.75, 3.05) is 33.3 Å². The van der Waals surface area contributed by atoms with Crippen molar-refractivity contribution in [1.82, 2.24) is 15.2 Å². The van der Waals surface area contributed by atoms with Crippen LogP contribution >= 0.6 is 0 Å². The smallest absolute Gasteiger partial charge is 0.421 e. The Balaban J connectivity index is 1.85. The molecule has 1 amide bonds. The van der Waals surface area contributed by atoms with Gasteiger partial charge in [0.05, 0.1) is 6.54 Å². The average molecular weight is 387 g/mol. The van der Waals surface area contributed by atoms with Gasteiger partial charge in [-0.2, -0.15) is 13.2 Å². The van der Waals surface area contributed by atoms with Crippen LogP contribution in [0.1, 0.15) is 24.8 Å². The number of primary amides is 1. The lowest BCUT2D eigenvalue weighted by molar-refractivity contribution is -0.139. The van der Waals surface area contributed by atoms with E-state index in [1.54, 1.807) is 7.05 Å². The average Bonchev–Trinajstić information content (AvgIpc) is 2.61. The molecule has 0 radical (unpaired) electrons. The van der Waals surface area contributed by atoms with Crippen LogP contribution in [0.4, 0.5) is 13.2 Å². The van der Waals surface area contributed by atoms with E-state index in [9.17, 15) is 18.0 Å². The van der Waals surface area contributed by atoms with E-state index in [0.717, 1.165) is 25.5 Å². The number of rotatable bonds is 6. The summed E-state index contributed by atoms with van der Waals surface area (Å²) in [5.41, 5.74) is 4.36. The zero-order valence-electron chi connectivity index (χ0n) is 15.1. The Bertz CT molecular complexity index is 666. The van der Waals surface area contributed by atoms with Crippen molar-refractivity contribution >= 4 is 11.9 Å². The number of halogens is 3. The highest BCUT2D eigenvalue weighted by Gasteiger charge is 2.35. The van der Waals surface area contributed by atoms with Gasteiger partial charge in [-0.1, -0.05) is 0 Å². The number of guanidine groups is 1. The predicted octanol–water partition coefficient (Wildman–Crippen LogP) is 1.64. The molecule has 27 heavy (non-hydrogen) atoms. The van der Waals surface area contributed by atoms with Crippen LogP contribution in [0, 0.1) is 5.92 Å². The molecule has 0 aliphatic carbocycles. The number of carbonyl (C=O) groups is 1. The summed E-state index contributed by atoms with van der Waals surface area (Å²) >= 11 is 0. The topological polar surface area (TPSA) is 92.8 Å². The van der Waals surface area contributed by atoms with Crippen molar-refractivity contribution in [2.24, 2.45) is 16.6 Å². The highest BCUT2D eigenvalue weighted by atomic mass is 19.4. The van der Waals surface area contributed by atoms with Crippen molar-refractivity contribution < 1.29 is 22.7 Å². The molecule has 2 heterocycles. The van der Waals surface area contributed by atoms with Crippen molar-refractivity contribution in [3.05, 3.63) is 23.9 Å². The Morgan fingerprint density at radius 3 is 2.96 bits per heavy atom. The molecule has 1 aliphatic heterocycles. The molecule has 1 saturated heterocycles. The lowest BCUT2D eigenvalue weighted by Crippen LogP contribution is -2.48. The standard InChI is InChI=1S/C17H24F3N5O2/c1-22-16(25-8-3-4-12(11-25)10-14(21)26)24-7-9-27-15-13(17(18,19)20)5-2-6-23-15/h2,5-6,12H,3-4,7-11H2,1H3,(H2,21,26)(H,22,24). The van der Waals surface area contributed by atoms with Crippen LogP contribution in [0.25, 0.3) is 0 Å². The van der Waals surface area contributed by atoms with Crippen LogP contribution in [0.2, 0.25) is 0 Å².